The Balaban J connectivity index is 1.31. The summed E-state index contributed by atoms with van der Waals surface area (Å²) in [5.74, 6) is 1.17. The molecule has 2 N–H and O–H groups in total. The fourth-order valence-electron chi connectivity index (χ4n) is 3.50. The molecular weight excluding hydrogens is 404 g/mol. The number of hydrogen-bond acceptors (Lipinski definition) is 5. The maximum Gasteiger partial charge on any atom is 0.243 e. The molecule has 1 heterocycles. The summed E-state index contributed by atoms with van der Waals surface area (Å²) in [7, 11) is 0. The zero-order chi connectivity index (χ0) is 22.0. The van der Waals surface area contributed by atoms with Crippen molar-refractivity contribution in [2.75, 3.05) is 30.4 Å². The van der Waals surface area contributed by atoms with Gasteiger partial charge >= 0.3 is 0 Å². The van der Waals surface area contributed by atoms with Crippen molar-refractivity contribution in [2.45, 2.75) is 25.6 Å². The molecule has 6 heteroatoms. The van der Waals surface area contributed by atoms with Gasteiger partial charge in [0.1, 0.15) is 24.7 Å². The molecule has 3 aromatic rings. The van der Waals surface area contributed by atoms with Gasteiger partial charge in [-0.3, -0.25) is 4.79 Å². The molecule has 1 unspecified atom stereocenters. The number of rotatable bonds is 10. The van der Waals surface area contributed by atoms with Crippen LogP contribution >= 0.6 is 0 Å². The highest BCUT2D eigenvalue weighted by atomic mass is 16.5. The number of ether oxygens (including phenoxy) is 3. The maximum absolute atomic E-state index is 12.6. The van der Waals surface area contributed by atoms with Crippen molar-refractivity contribution < 1.29 is 19.0 Å². The molecule has 0 spiro atoms. The van der Waals surface area contributed by atoms with Gasteiger partial charge in [0.15, 0.2) is 0 Å². The lowest BCUT2D eigenvalue weighted by Crippen LogP contribution is -2.23. The Morgan fingerprint density at radius 1 is 0.875 bits per heavy atom. The van der Waals surface area contributed by atoms with Crippen LogP contribution in [0.4, 0.5) is 11.4 Å². The molecule has 1 saturated heterocycles. The minimum Gasteiger partial charge on any atom is -0.489 e. The molecule has 166 valence electrons. The van der Waals surface area contributed by atoms with Gasteiger partial charge < -0.3 is 24.8 Å². The van der Waals surface area contributed by atoms with Gasteiger partial charge in [-0.1, -0.05) is 54.6 Å². The molecule has 32 heavy (non-hydrogen) atoms. The molecule has 3 aromatic carbocycles. The van der Waals surface area contributed by atoms with Crippen molar-refractivity contribution in [3.8, 4) is 11.5 Å². The summed E-state index contributed by atoms with van der Waals surface area (Å²) in [6.45, 7) is 1.83. The Morgan fingerprint density at radius 3 is 2.31 bits per heavy atom. The van der Waals surface area contributed by atoms with Crippen LogP contribution in [-0.2, 0) is 16.1 Å². The van der Waals surface area contributed by atoms with Crippen LogP contribution in [0.3, 0.4) is 0 Å². The van der Waals surface area contributed by atoms with Crippen molar-refractivity contribution in [3.05, 3.63) is 84.4 Å². The third kappa shape index (κ3) is 6.25. The van der Waals surface area contributed by atoms with Crippen LogP contribution in [0.2, 0.25) is 0 Å². The summed E-state index contributed by atoms with van der Waals surface area (Å²) in [5.41, 5.74) is 2.49. The minimum absolute atomic E-state index is 0.103. The molecular formula is C26H28N2O4. The topological polar surface area (TPSA) is 68.8 Å². The first-order chi connectivity index (χ1) is 15.8. The van der Waals surface area contributed by atoms with E-state index in [4.69, 9.17) is 14.2 Å². The molecule has 4 rings (SSSR count). The zero-order valence-electron chi connectivity index (χ0n) is 18.0. The van der Waals surface area contributed by atoms with Crippen molar-refractivity contribution >= 4 is 17.3 Å². The second-order valence-corrected chi connectivity index (χ2v) is 7.61. The number of hydrogen-bond donors (Lipinski definition) is 2. The van der Waals surface area contributed by atoms with E-state index in [2.05, 4.69) is 10.6 Å². The second-order valence-electron chi connectivity index (χ2n) is 7.61. The molecule has 1 amide bonds. The summed E-state index contributed by atoms with van der Waals surface area (Å²) in [6, 6.07) is 25.0. The Bertz CT molecular complexity index is 1000. The predicted molar refractivity (Wildman–Crippen MR) is 125 cm³/mol. The van der Waals surface area contributed by atoms with Crippen LogP contribution < -0.4 is 20.1 Å². The Hall–Kier alpha value is -3.51. The van der Waals surface area contributed by atoms with Crippen molar-refractivity contribution in [1.29, 1.82) is 0 Å². The standard InChI is InChI=1S/C26H28N2O4/c29-26(28-23-13-5-7-15-25(23)32-19-21-11-8-16-30-21)17-27-22-12-4-6-14-24(22)31-18-20-9-2-1-3-10-20/h1-7,9-10,12-15,21,27H,8,11,16-19H2,(H,28,29). The number of benzene rings is 3. The molecule has 0 aliphatic carbocycles. The van der Waals surface area contributed by atoms with E-state index in [-0.39, 0.29) is 18.6 Å². The van der Waals surface area contributed by atoms with Gasteiger partial charge in [-0.25, -0.2) is 0 Å². The quantitative estimate of drug-likeness (QED) is 0.478. The van der Waals surface area contributed by atoms with E-state index >= 15 is 0 Å². The molecule has 6 nitrogen and oxygen atoms in total. The average Bonchev–Trinajstić information content (AvgIpc) is 3.36. The van der Waals surface area contributed by atoms with Crippen molar-refractivity contribution in [1.82, 2.24) is 0 Å². The van der Waals surface area contributed by atoms with Gasteiger partial charge in [0, 0.05) is 6.61 Å². The summed E-state index contributed by atoms with van der Waals surface area (Å²) in [5, 5.41) is 6.09. The summed E-state index contributed by atoms with van der Waals surface area (Å²) in [6.07, 6.45) is 2.19. The van der Waals surface area contributed by atoms with Gasteiger partial charge in [0.25, 0.3) is 0 Å². The maximum atomic E-state index is 12.6. The van der Waals surface area contributed by atoms with E-state index in [9.17, 15) is 4.79 Å². The van der Waals surface area contributed by atoms with E-state index in [1.54, 1.807) is 0 Å². The highest BCUT2D eigenvalue weighted by Gasteiger charge is 2.17. The van der Waals surface area contributed by atoms with E-state index in [1.807, 2.05) is 78.9 Å². The van der Waals surface area contributed by atoms with Gasteiger partial charge in [-0.05, 0) is 42.7 Å². The van der Waals surface area contributed by atoms with Crippen molar-refractivity contribution in [2.24, 2.45) is 0 Å². The third-order valence-electron chi connectivity index (χ3n) is 5.17. The van der Waals surface area contributed by atoms with Gasteiger partial charge in [0.05, 0.1) is 24.0 Å². The first-order valence-corrected chi connectivity index (χ1v) is 10.9. The van der Waals surface area contributed by atoms with Crippen LogP contribution in [-0.4, -0.2) is 31.8 Å². The molecule has 1 aliphatic rings. The van der Waals surface area contributed by atoms with Crippen molar-refractivity contribution in [3.63, 3.8) is 0 Å². The van der Waals surface area contributed by atoms with E-state index in [1.165, 1.54) is 0 Å². The molecule has 0 bridgehead atoms. The molecule has 0 radical (unpaired) electrons. The summed E-state index contributed by atoms with van der Waals surface area (Å²) in [4.78, 5) is 12.6. The Labute approximate surface area is 188 Å². The molecule has 0 aromatic heterocycles. The van der Waals surface area contributed by atoms with Crippen LogP contribution in [0.15, 0.2) is 78.9 Å². The fourth-order valence-corrected chi connectivity index (χ4v) is 3.50. The second kappa shape index (κ2) is 11.2. The Kier molecular flexibility index (Phi) is 7.60. The Morgan fingerprint density at radius 2 is 1.56 bits per heavy atom. The number of anilines is 2. The van der Waals surface area contributed by atoms with Crippen LogP contribution in [0, 0.1) is 0 Å². The van der Waals surface area contributed by atoms with E-state index in [0.717, 1.165) is 30.7 Å². The third-order valence-corrected chi connectivity index (χ3v) is 5.17. The molecule has 1 atom stereocenters. The highest BCUT2D eigenvalue weighted by molar-refractivity contribution is 5.95. The summed E-state index contributed by atoms with van der Waals surface area (Å²) < 4.78 is 17.5. The lowest BCUT2D eigenvalue weighted by molar-refractivity contribution is -0.114. The monoisotopic (exact) mass is 432 g/mol. The number of carbonyl (C=O) groups is 1. The van der Waals surface area contributed by atoms with E-state index in [0.29, 0.717) is 30.4 Å². The number of carbonyl (C=O) groups excluding carboxylic acids is 1. The van der Waals surface area contributed by atoms with Gasteiger partial charge in [0.2, 0.25) is 5.91 Å². The number of nitrogens with one attached hydrogen (secondary N) is 2. The molecule has 1 fully saturated rings. The largest absolute Gasteiger partial charge is 0.489 e. The van der Waals surface area contributed by atoms with Crippen LogP contribution in [0.5, 0.6) is 11.5 Å². The number of amides is 1. The van der Waals surface area contributed by atoms with E-state index < -0.39 is 0 Å². The summed E-state index contributed by atoms with van der Waals surface area (Å²) >= 11 is 0. The average molecular weight is 433 g/mol. The predicted octanol–water partition coefficient (Wildman–Crippen LogP) is 4.87. The van der Waals surface area contributed by atoms with Gasteiger partial charge in [-0.15, -0.1) is 0 Å². The first kappa shape index (κ1) is 21.7. The van der Waals surface area contributed by atoms with Gasteiger partial charge in [-0.2, -0.15) is 0 Å². The minimum atomic E-state index is -0.170. The normalized spacial score (nSPS) is 15.2. The highest BCUT2D eigenvalue weighted by Crippen LogP contribution is 2.26. The number of para-hydroxylation sites is 4. The molecule has 1 aliphatic heterocycles. The van der Waals surface area contributed by atoms with Crippen LogP contribution in [0.25, 0.3) is 0 Å². The van der Waals surface area contributed by atoms with Crippen LogP contribution in [0.1, 0.15) is 18.4 Å². The lowest BCUT2D eigenvalue weighted by atomic mass is 10.2. The lowest BCUT2D eigenvalue weighted by Gasteiger charge is -2.16. The zero-order valence-corrected chi connectivity index (χ0v) is 18.0. The SMILES string of the molecule is O=C(CNc1ccccc1OCc1ccccc1)Nc1ccccc1OCC1CCCO1. The smallest absolute Gasteiger partial charge is 0.243 e. The molecule has 0 saturated carbocycles. The first-order valence-electron chi connectivity index (χ1n) is 10.9. The fraction of sp³-hybridized carbons (Fsp3) is 0.269.